The minimum atomic E-state index is 0.801. The zero-order chi connectivity index (χ0) is 42.6. The van der Waals surface area contributed by atoms with E-state index in [1.165, 1.54) is 59.9 Å². The van der Waals surface area contributed by atoms with Crippen molar-refractivity contribution in [2.75, 3.05) is 0 Å². The van der Waals surface area contributed by atoms with Crippen LogP contribution in [0.4, 0.5) is 0 Å². The SMILES string of the molecule is c1ccc(-c2cccc(-n3c4ccccc4c4c5c6ccccc6n(-c6ccc7c8ccccc8n(-c8nc9ccccc9nc8-c8ccc9ccccc9c8)c7c6)c5ccc43)c2)cc1. The van der Waals surface area contributed by atoms with Crippen LogP contribution in [0.25, 0.3) is 127 Å². The second-order valence-corrected chi connectivity index (χ2v) is 17.0. The van der Waals surface area contributed by atoms with E-state index >= 15 is 0 Å². The summed E-state index contributed by atoms with van der Waals surface area (Å²) in [5.41, 5.74) is 15.0. The fourth-order valence-corrected chi connectivity index (χ4v) is 10.5. The summed E-state index contributed by atoms with van der Waals surface area (Å²) in [4.78, 5) is 10.9. The molecule has 5 nitrogen and oxygen atoms in total. The molecule has 10 aromatic carbocycles. The molecule has 0 bridgehead atoms. The summed E-state index contributed by atoms with van der Waals surface area (Å²) >= 11 is 0. The van der Waals surface area contributed by atoms with E-state index in [0.29, 0.717) is 0 Å². The Morgan fingerprint density at radius 1 is 0.277 bits per heavy atom. The van der Waals surface area contributed by atoms with E-state index in [4.69, 9.17) is 9.97 Å². The van der Waals surface area contributed by atoms with Crippen LogP contribution in [0.5, 0.6) is 0 Å². The molecule has 0 N–H and O–H groups in total. The summed E-state index contributed by atoms with van der Waals surface area (Å²) in [6.07, 6.45) is 0. The Balaban J connectivity index is 1.04. The summed E-state index contributed by atoms with van der Waals surface area (Å²) in [7, 11) is 0. The number of hydrogen-bond donors (Lipinski definition) is 0. The first-order chi connectivity index (χ1) is 32.2. The van der Waals surface area contributed by atoms with Crippen LogP contribution >= 0.6 is 0 Å². The Hall–Kier alpha value is -8.80. The number of benzene rings is 10. The van der Waals surface area contributed by atoms with Gasteiger partial charge in [-0.1, -0.05) is 152 Å². The molecule has 0 saturated heterocycles. The van der Waals surface area contributed by atoms with E-state index in [2.05, 4.69) is 226 Å². The second-order valence-electron chi connectivity index (χ2n) is 17.0. The van der Waals surface area contributed by atoms with Gasteiger partial charge in [0.05, 0.1) is 44.1 Å². The van der Waals surface area contributed by atoms with Crippen molar-refractivity contribution in [2.24, 2.45) is 0 Å². The van der Waals surface area contributed by atoms with Gasteiger partial charge in [0.1, 0.15) is 5.69 Å². The van der Waals surface area contributed by atoms with Crippen LogP contribution in [0.3, 0.4) is 0 Å². The van der Waals surface area contributed by atoms with E-state index < -0.39 is 0 Å². The molecule has 0 amide bonds. The minimum Gasteiger partial charge on any atom is -0.309 e. The number of hydrogen-bond acceptors (Lipinski definition) is 2. The van der Waals surface area contributed by atoms with Crippen LogP contribution in [0.15, 0.2) is 224 Å². The monoisotopic (exact) mass is 827 g/mol. The van der Waals surface area contributed by atoms with Crippen LogP contribution in [0, 0.1) is 0 Å². The molecule has 5 heteroatoms. The van der Waals surface area contributed by atoms with Gasteiger partial charge in [-0.05, 0) is 94.7 Å². The van der Waals surface area contributed by atoms with Crippen molar-refractivity contribution < 1.29 is 0 Å². The summed E-state index contributed by atoms with van der Waals surface area (Å²) in [6.45, 7) is 0. The van der Waals surface area contributed by atoms with Crippen molar-refractivity contribution in [1.82, 2.24) is 23.7 Å². The number of para-hydroxylation sites is 5. The lowest BCUT2D eigenvalue weighted by Gasteiger charge is -2.15. The second kappa shape index (κ2) is 13.9. The van der Waals surface area contributed by atoms with Gasteiger partial charge in [-0.25, -0.2) is 9.97 Å². The number of fused-ring (bicyclic) bond motifs is 12. The average Bonchev–Trinajstić information content (AvgIpc) is 4.01. The van der Waals surface area contributed by atoms with Crippen molar-refractivity contribution in [2.45, 2.75) is 0 Å². The van der Waals surface area contributed by atoms with Crippen LogP contribution in [-0.2, 0) is 0 Å². The third kappa shape index (κ3) is 5.33. The first-order valence-corrected chi connectivity index (χ1v) is 22.2. The molecule has 0 radical (unpaired) electrons. The Bertz CT molecular complexity index is 4250. The first kappa shape index (κ1) is 35.8. The Kier molecular flexibility index (Phi) is 7.62. The minimum absolute atomic E-state index is 0.801. The van der Waals surface area contributed by atoms with Gasteiger partial charge in [0, 0.05) is 49.3 Å². The molecule has 0 aliphatic heterocycles. The molecule has 0 spiro atoms. The summed E-state index contributed by atoms with van der Waals surface area (Å²) in [6, 6.07) is 80.8. The molecule has 0 aliphatic carbocycles. The highest BCUT2D eigenvalue weighted by Gasteiger charge is 2.23. The van der Waals surface area contributed by atoms with E-state index in [1.807, 2.05) is 12.1 Å². The van der Waals surface area contributed by atoms with E-state index in [9.17, 15) is 0 Å². The molecule has 65 heavy (non-hydrogen) atoms. The molecule has 14 rings (SSSR count). The molecule has 0 atom stereocenters. The quantitative estimate of drug-likeness (QED) is 0.173. The van der Waals surface area contributed by atoms with Crippen LogP contribution in [0.2, 0.25) is 0 Å². The largest absolute Gasteiger partial charge is 0.309 e. The molecular formula is C60H37N5. The normalized spacial score (nSPS) is 12.0. The predicted octanol–water partition coefficient (Wildman–Crippen LogP) is 15.4. The lowest BCUT2D eigenvalue weighted by Crippen LogP contribution is -2.04. The zero-order valence-corrected chi connectivity index (χ0v) is 35.1. The lowest BCUT2D eigenvalue weighted by atomic mass is 10.0. The van der Waals surface area contributed by atoms with E-state index in [1.54, 1.807) is 0 Å². The van der Waals surface area contributed by atoms with Gasteiger partial charge in [0.2, 0.25) is 0 Å². The standard InChI is InChI=1S/C60H37N5/c1-2-15-38(16-3-1)41-19-14-20-43(36-41)63-52-27-12-7-22-47(52)57-54(63)33-34-55-58(57)48-23-8-13-28-53(48)64(55)44-31-32-46-45-21-6-11-26-51(45)65(56(46)37-44)60-59(61-49-24-9-10-25-50(49)62-60)42-30-29-39-17-4-5-18-40(39)35-42/h1-37H. The first-order valence-electron chi connectivity index (χ1n) is 22.2. The van der Waals surface area contributed by atoms with Gasteiger partial charge in [0.25, 0.3) is 0 Å². The molecular weight excluding hydrogens is 791 g/mol. The third-order valence-corrected chi connectivity index (χ3v) is 13.4. The van der Waals surface area contributed by atoms with Crippen LogP contribution in [0.1, 0.15) is 0 Å². The van der Waals surface area contributed by atoms with Crippen molar-refractivity contribution >= 4 is 87.2 Å². The fourth-order valence-electron chi connectivity index (χ4n) is 10.5. The molecule has 0 fully saturated rings. The molecule has 0 unspecified atom stereocenters. The molecule has 4 aromatic heterocycles. The van der Waals surface area contributed by atoms with E-state index in [0.717, 1.165) is 66.9 Å². The highest BCUT2D eigenvalue weighted by molar-refractivity contribution is 6.29. The maximum atomic E-state index is 5.47. The maximum Gasteiger partial charge on any atom is 0.165 e. The molecule has 14 aromatic rings. The van der Waals surface area contributed by atoms with Gasteiger partial charge in [-0.2, -0.15) is 0 Å². The Labute approximate surface area is 373 Å². The third-order valence-electron chi connectivity index (χ3n) is 13.4. The van der Waals surface area contributed by atoms with Crippen molar-refractivity contribution in [3.8, 4) is 39.6 Å². The van der Waals surface area contributed by atoms with Gasteiger partial charge in [-0.3, -0.25) is 4.57 Å². The van der Waals surface area contributed by atoms with Gasteiger partial charge < -0.3 is 9.13 Å². The van der Waals surface area contributed by atoms with Gasteiger partial charge in [0.15, 0.2) is 5.82 Å². The Morgan fingerprint density at radius 2 is 0.831 bits per heavy atom. The van der Waals surface area contributed by atoms with Crippen molar-refractivity contribution in [1.29, 1.82) is 0 Å². The summed E-state index contributed by atoms with van der Waals surface area (Å²) < 4.78 is 7.22. The fraction of sp³-hybridized carbons (Fsp3) is 0. The summed E-state index contributed by atoms with van der Waals surface area (Å²) in [5.74, 6) is 0.801. The van der Waals surface area contributed by atoms with Crippen LogP contribution in [-0.4, -0.2) is 23.7 Å². The summed E-state index contributed by atoms with van der Waals surface area (Å²) in [5, 5.41) is 9.63. The Morgan fingerprint density at radius 3 is 1.55 bits per heavy atom. The topological polar surface area (TPSA) is 40.6 Å². The smallest absolute Gasteiger partial charge is 0.165 e. The lowest BCUT2D eigenvalue weighted by molar-refractivity contribution is 1.08. The molecule has 302 valence electrons. The average molecular weight is 828 g/mol. The van der Waals surface area contributed by atoms with Gasteiger partial charge >= 0.3 is 0 Å². The molecule has 0 aliphatic rings. The highest BCUT2D eigenvalue weighted by Crippen LogP contribution is 2.44. The predicted molar refractivity (Wildman–Crippen MR) is 271 cm³/mol. The number of rotatable bonds is 5. The zero-order valence-electron chi connectivity index (χ0n) is 35.1. The van der Waals surface area contributed by atoms with Crippen molar-refractivity contribution in [3.63, 3.8) is 0 Å². The maximum absolute atomic E-state index is 5.47. The molecule has 0 saturated carbocycles. The van der Waals surface area contributed by atoms with Gasteiger partial charge in [-0.15, -0.1) is 0 Å². The number of nitrogens with zero attached hydrogens (tertiary/aromatic N) is 5. The highest BCUT2D eigenvalue weighted by atomic mass is 15.1. The van der Waals surface area contributed by atoms with E-state index in [-0.39, 0.29) is 0 Å². The van der Waals surface area contributed by atoms with Crippen molar-refractivity contribution in [3.05, 3.63) is 224 Å². The number of aromatic nitrogens is 5. The van der Waals surface area contributed by atoms with Crippen LogP contribution < -0.4 is 0 Å². The molecule has 4 heterocycles.